The van der Waals surface area contributed by atoms with Crippen LogP contribution in [-0.2, 0) is 17.7 Å². The van der Waals surface area contributed by atoms with Crippen LogP contribution < -0.4 is 0 Å². The van der Waals surface area contributed by atoms with Gasteiger partial charge in [0.05, 0.1) is 12.2 Å². The second kappa shape index (κ2) is 20.9. The number of unbranched alkanes of at least 4 members (excludes halogenated alkanes) is 10. The highest BCUT2D eigenvalue weighted by Crippen LogP contribution is 2.37. The van der Waals surface area contributed by atoms with E-state index in [1.54, 1.807) is 0 Å². The first-order valence-corrected chi connectivity index (χ1v) is 31.7. The first-order valence-electron chi connectivity index (χ1n) is 18.1. The van der Waals surface area contributed by atoms with Crippen LogP contribution >= 0.6 is 0 Å². The first kappa shape index (κ1) is 44.6. The number of hydrogen-bond donors (Lipinski definition) is 2. The van der Waals surface area contributed by atoms with Gasteiger partial charge < -0.3 is 27.9 Å². The second-order valence-corrected chi connectivity index (χ2v) is 35.1. The number of hydrogen-bond acceptors (Lipinski definition) is 6. The Labute approximate surface area is 279 Å². The van der Waals surface area contributed by atoms with Crippen LogP contribution in [0.25, 0.3) is 0 Å². The molecule has 0 aromatic heterocycles. The van der Waals surface area contributed by atoms with Crippen molar-refractivity contribution in [3.63, 3.8) is 0 Å². The highest BCUT2D eigenvalue weighted by molar-refractivity contribution is 6.71. The molecule has 0 aliphatic heterocycles. The summed E-state index contributed by atoms with van der Waals surface area (Å²) in [5.74, 6) is 0. The minimum absolute atomic E-state index is 0.198. The SMILES string of the molecule is CCCCCCCCC(O)(CCCCCCCC)C(O[Si](C)(C)C)C(O[Si](C)(C)C)C(O[Si](C)(C)C)C(O)CO[Si](C)(C)C. The van der Waals surface area contributed by atoms with E-state index in [1.807, 2.05) is 0 Å². The Hall–Kier alpha value is 0.628. The molecule has 44 heavy (non-hydrogen) atoms. The van der Waals surface area contributed by atoms with Gasteiger partial charge in [0, 0.05) is 0 Å². The van der Waals surface area contributed by atoms with Gasteiger partial charge in [-0.25, -0.2) is 0 Å². The lowest BCUT2D eigenvalue weighted by atomic mass is 9.80. The van der Waals surface area contributed by atoms with Crippen LogP contribution in [-0.4, -0.2) is 80.1 Å². The Balaban J connectivity index is 6.78. The van der Waals surface area contributed by atoms with Crippen LogP contribution in [0, 0.1) is 0 Å². The fraction of sp³-hybridized carbons (Fsp3) is 1.00. The third-order valence-electron chi connectivity index (χ3n) is 7.60. The van der Waals surface area contributed by atoms with E-state index in [9.17, 15) is 10.2 Å². The molecule has 266 valence electrons. The van der Waals surface area contributed by atoms with Gasteiger partial charge in [-0.2, -0.15) is 0 Å². The van der Waals surface area contributed by atoms with Crippen molar-refractivity contribution in [1.29, 1.82) is 0 Å². The third-order valence-corrected chi connectivity index (χ3v) is 11.6. The zero-order valence-electron chi connectivity index (χ0n) is 31.9. The highest BCUT2D eigenvalue weighted by atomic mass is 28.4. The monoisotopic (exact) mass is 694 g/mol. The fourth-order valence-electron chi connectivity index (χ4n) is 5.61. The summed E-state index contributed by atoms with van der Waals surface area (Å²) < 4.78 is 27.2. The average molecular weight is 695 g/mol. The topological polar surface area (TPSA) is 77.4 Å². The molecule has 10 heteroatoms. The molecule has 0 saturated heterocycles. The highest BCUT2D eigenvalue weighted by Gasteiger charge is 2.50. The summed E-state index contributed by atoms with van der Waals surface area (Å²) >= 11 is 0. The molecule has 0 aromatic rings. The van der Waals surface area contributed by atoms with E-state index in [2.05, 4.69) is 92.4 Å². The average Bonchev–Trinajstić information content (AvgIpc) is 2.85. The summed E-state index contributed by atoms with van der Waals surface area (Å²) in [4.78, 5) is 0. The van der Waals surface area contributed by atoms with Gasteiger partial charge in [0.1, 0.15) is 24.4 Å². The molecule has 0 spiro atoms. The Morgan fingerprint density at radius 3 is 1.23 bits per heavy atom. The number of rotatable bonds is 27. The molecule has 0 saturated carbocycles. The smallest absolute Gasteiger partial charge is 0.184 e. The summed E-state index contributed by atoms with van der Waals surface area (Å²) in [6.07, 6.45) is 12.7. The molecule has 0 aliphatic carbocycles. The minimum Gasteiger partial charge on any atom is -0.415 e. The van der Waals surface area contributed by atoms with Gasteiger partial charge >= 0.3 is 0 Å². The predicted molar refractivity (Wildman–Crippen MR) is 201 cm³/mol. The molecule has 4 atom stereocenters. The standard InChI is InChI=1S/C34H78O6Si4/c1-15-17-19-21-23-25-27-34(36,28-26-24-22-20-18-16-2)33(40-44(12,13)14)32(39-43(9,10)11)31(38-42(6,7)8)30(35)29-37-41(3,4)5/h30-33,35-36H,15-29H2,1-14H3. The molecule has 6 nitrogen and oxygen atoms in total. The summed E-state index contributed by atoms with van der Waals surface area (Å²) in [7, 11) is -8.36. The summed E-state index contributed by atoms with van der Waals surface area (Å²) in [5.41, 5.74) is -1.07. The number of aliphatic hydroxyl groups is 2. The molecule has 0 amide bonds. The Morgan fingerprint density at radius 2 is 0.864 bits per heavy atom. The van der Waals surface area contributed by atoms with Gasteiger partial charge in [0.2, 0.25) is 0 Å². The van der Waals surface area contributed by atoms with Crippen LogP contribution in [0.2, 0.25) is 78.6 Å². The van der Waals surface area contributed by atoms with E-state index in [0.29, 0.717) is 12.8 Å². The molecule has 0 aliphatic rings. The van der Waals surface area contributed by atoms with Crippen molar-refractivity contribution in [2.24, 2.45) is 0 Å². The predicted octanol–water partition coefficient (Wildman–Crippen LogP) is 10.1. The number of aliphatic hydroxyl groups excluding tert-OH is 1. The molecule has 0 bridgehead atoms. The van der Waals surface area contributed by atoms with E-state index in [1.165, 1.54) is 51.4 Å². The molecular formula is C34H78O6Si4. The van der Waals surface area contributed by atoms with Gasteiger partial charge in [0.25, 0.3) is 0 Å². The summed E-state index contributed by atoms with van der Waals surface area (Å²) in [5, 5.41) is 24.7. The van der Waals surface area contributed by atoms with E-state index in [4.69, 9.17) is 17.7 Å². The first-order chi connectivity index (χ1) is 20.0. The van der Waals surface area contributed by atoms with Gasteiger partial charge in [-0.1, -0.05) is 90.9 Å². The second-order valence-electron chi connectivity index (χ2n) is 17.2. The zero-order chi connectivity index (χ0) is 34.2. The van der Waals surface area contributed by atoms with Crippen molar-refractivity contribution >= 4 is 33.3 Å². The van der Waals surface area contributed by atoms with Crippen LogP contribution in [0.3, 0.4) is 0 Å². The Morgan fingerprint density at radius 1 is 0.500 bits per heavy atom. The van der Waals surface area contributed by atoms with Gasteiger partial charge in [-0.3, -0.25) is 0 Å². The maximum atomic E-state index is 12.9. The Bertz CT molecular complexity index is 711. The molecule has 0 heterocycles. The lowest BCUT2D eigenvalue weighted by Crippen LogP contribution is -2.64. The lowest BCUT2D eigenvalue weighted by Gasteiger charge is -2.49. The maximum Gasteiger partial charge on any atom is 0.184 e. The van der Waals surface area contributed by atoms with Crippen molar-refractivity contribution in [3.05, 3.63) is 0 Å². The Kier molecular flexibility index (Phi) is 21.2. The van der Waals surface area contributed by atoms with Crippen molar-refractivity contribution in [2.75, 3.05) is 6.61 Å². The molecule has 0 fully saturated rings. The van der Waals surface area contributed by atoms with Gasteiger partial charge in [-0.15, -0.1) is 0 Å². The van der Waals surface area contributed by atoms with Gasteiger partial charge in [-0.05, 0) is 91.4 Å². The quantitative estimate of drug-likeness (QED) is 0.0658. The van der Waals surface area contributed by atoms with E-state index < -0.39 is 63.3 Å². The molecule has 0 radical (unpaired) electrons. The zero-order valence-corrected chi connectivity index (χ0v) is 35.9. The lowest BCUT2D eigenvalue weighted by molar-refractivity contribution is -0.161. The van der Waals surface area contributed by atoms with E-state index >= 15 is 0 Å². The van der Waals surface area contributed by atoms with Crippen LogP contribution in [0.1, 0.15) is 104 Å². The third kappa shape index (κ3) is 22.2. The molecule has 0 rings (SSSR count). The minimum atomic E-state index is -2.17. The van der Waals surface area contributed by atoms with Crippen molar-refractivity contribution in [3.8, 4) is 0 Å². The normalized spacial score (nSPS) is 16.6. The van der Waals surface area contributed by atoms with Crippen LogP contribution in [0.5, 0.6) is 0 Å². The van der Waals surface area contributed by atoms with Crippen molar-refractivity contribution in [2.45, 2.75) is 212 Å². The summed E-state index contributed by atoms with van der Waals surface area (Å²) in [6, 6.07) is 0. The fourth-order valence-corrected chi connectivity index (χ4v) is 9.58. The molecular weight excluding hydrogens is 617 g/mol. The summed E-state index contributed by atoms with van der Waals surface area (Å²) in [6.45, 7) is 30.7. The van der Waals surface area contributed by atoms with Crippen LogP contribution in [0.4, 0.5) is 0 Å². The molecule has 4 unspecified atom stereocenters. The molecule has 0 aromatic carbocycles. The van der Waals surface area contributed by atoms with Crippen LogP contribution in [0.15, 0.2) is 0 Å². The largest absolute Gasteiger partial charge is 0.415 e. The molecule has 2 N–H and O–H groups in total. The van der Waals surface area contributed by atoms with E-state index in [0.717, 1.165) is 25.7 Å². The van der Waals surface area contributed by atoms with Crippen molar-refractivity contribution < 1.29 is 27.9 Å². The van der Waals surface area contributed by atoms with Crippen molar-refractivity contribution in [1.82, 2.24) is 0 Å². The van der Waals surface area contributed by atoms with Gasteiger partial charge in [0.15, 0.2) is 33.3 Å². The maximum absolute atomic E-state index is 12.9. The van der Waals surface area contributed by atoms with E-state index in [-0.39, 0.29) is 6.61 Å².